The molecule has 4 nitrogen and oxygen atoms in total. The lowest BCUT2D eigenvalue weighted by Gasteiger charge is -2.38. The van der Waals surface area contributed by atoms with Crippen LogP contribution < -0.4 is 11.1 Å². The van der Waals surface area contributed by atoms with Gasteiger partial charge in [-0.3, -0.25) is 4.98 Å². The van der Waals surface area contributed by atoms with Crippen LogP contribution in [0.15, 0.2) is 24.5 Å². The van der Waals surface area contributed by atoms with Crippen molar-refractivity contribution in [1.29, 1.82) is 0 Å². The van der Waals surface area contributed by atoms with Crippen LogP contribution in [0.4, 0.5) is 0 Å². The van der Waals surface area contributed by atoms with Crippen LogP contribution in [0.1, 0.15) is 25.5 Å². The molecule has 1 aromatic heterocycles. The van der Waals surface area contributed by atoms with Gasteiger partial charge in [-0.05, 0) is 23.1 Å². The molecule has 2 rings (SSSR count). The van der Waals surface area contributed by atoms with E-state index in [0.717, 1.165) is 32.7 Å². The summed E-state index contributed by atoms with van der Waals surface area (Å²) >= 11 is 0. The zero-order chi connectivity index (χ0) is 13.0. The Kier molecular flexibility index (Phi) is 4.32. The van der Waals surface area contributed by atoms with Crippen LogP contribution in [0.3, 0.4) is 0 Å². The molecule has 1 aliphatic heterocycles. The maximum atomic E-state index is 6.42. The molecule has 1 aliphatic rings. The molecular weight excluding hydrogens is 224 g/mol. The second-order valence-corrected chi connectivity index (χ2v) is 5.77. The Morgan fingerprint density at radius 2 is 1.94 bits per heavy atom. The number of nitrogens with one attached hydrogen (secondary N) is 1. The number of nitrogens with zero attached hydrogens (tertiary/aromatic N) is 2. The molecule has 18 heavy (non-hydrogen) atoms. The lowest BCUT2D eigenvalue weighted by molar-refractivity contribution is 0.139. The minimum atomic E-state index is 0.0513. The van der Waals surface area contributed by atoms with Crippen LogP contribution in [0.5, 0.6) is 0 Å². The zero-order valence-corrected chi connectivity index (χ0v) is 11.4. The van der Waals surface area contributed by atoms with Crippen LogP contribution >= 0.6 is 0 Å². The van der Waals surface area contributed by atoms with Gasteiger partial charge in [-0.15, -0.1) is 0 Å². The van der Waals surface area contributed by atoms with Gasteiger partial charge in [0.2, 0.25) is 0 Å². The van der Waals surface area contributed by atoms with Crippen molar-refractivity contribution >= 4 is 0 Å². The highest BCUT2D eigenvalue weighted by Gasteiger charge is 2.30. The smallest absolute Gasteiger partial charge is 0.0360 e. The fraction of sp³-hybridized carbons (Fsp3) is 0.643. The van der Waals surface area contributed by atoms with Gasteiger partial charge in [-0.25, -0.2) is 0 Å². The zero-order valence-electron chi connectivity index (χ0n) is 11.4. The third kappa shape index (κ3) is 3.28. The van der Waals surface area contributed by atoms with Gasteiger partial charge in [0.15, 0.2) is 0 Å². The van der Waals surface area contributed by atoms with Gasteiger partial charge in [0.25, 0.3) is 0 Å². The van der Waals surface area contributed by atoms with Crippen molar-refractivity contribution in [3.05, 3.63) is 30.1 Å². The van der Waals surface area contributed by atoms with Gasteiger partial charge in [0.1, 0.15) is 0 Å². The average molecular weight is 248 g/mol. The summed E-state index contributed by atoms with van der Waals surface area (Å²) in [4.78, 5) is 6.55. The molecule has 0 aromatic carbocycles. The fourth-order valence-corrected chi connectivity index (χ4v) is 2.57. The largest absolute Gasteiger partial charge is 0.323 e. The molecule has 4 heteroatoms. The van der Waals surface area contributed by atoms with Crippen molar-refractivity contribution in [1.82, 2.24) is 15.2 Å². The van der Waals surface area contributed by atoms with Gasteiger partial charge in [0, 0.05) is 51.2 Å². The molecule has 1 saturated heterocycles. The third-order valence-electron chi connectivity index (χ3n) is 3.75. The summed E-state index contributed by atoms with van der Waals surface area (Å²) in [5.41, 5.74) is 7.66. The number of hydrogen-bond acceptors (Lipinski definition) is 4. The van der Waals surface area contributed by atoms with Crippen molar-refractivity contribution < 1.29 is 0 Å². The van der Waals surface area contributed by atoms with E-state index < -0.39 is 0 Å². The minimum Gasteiger partial charge on any atom is -0.323 e. The van der Waals surface area contributed by atoms with E-state index in [1.165, 1.54) is 5.56 Å². The van der Waals surface area contributed by atoms with Crippen LogP contribution in [0.2, 0.25) is 0 Å². The predicted molar refractivity (Wildman–Crippen MR) is 74.3 cm³/mol. The molecule has 1 fully saturated rings. The van der Waals surface area contributed by atoms with E-state index in [1.54, 1.807) is 0 Å². The maximum absolute atomic E-state index is 6.42. The van der Waals surface area contributed by atoms with Crippen LogP contribution in [0, 0.1) is 5.41 Å². The molecule has 1 atom stereocenters. The molecule has 1 aromatic rings. The minimum absolute atomic E-state index is 0.0513. The number of rotatable bonds is 4. The molecular formula is C14H24N4. The van der Waals surface area contributed by atoms with Gasteiger partial charge in [-0.2, -0.15) is 0 Å². The van der Waals surface area contributed by atoms with E-state index in [-0.39, 0.29) is 11.5 Å². The normalized spacial score (nSPS) is 19.7. The first-order valence-electron chi connectivity index (χ1n) is 6.68. The van der Waals surface area contributed by atoms with Gasteiger partial charge >= 0.3 is 0 Å². The molecule has 0 saturated carbocycles. The Hall–Kier alpha value is -0.970. The van der Waals surface area contributed by atoms with Crippen LogP contribution in [0.25, 0.3) is 0 Å². The summed E-state index contributed by atoms with van der Waals surface area (Å²) in [6.07, 6.45) is 3.63. The lowest BCUT2D eigenvalue weighted by atomic mass is 9.80. The average Bonchev–Trinajstić information content (AvgIpc) is 2.39. The van der Waals surface area contributed by atoms with Gasteiger partial charge < -0.3 is 16.0 Å². The third-order valence-corrected chi connectivity index (χ3v) is 3.75. The summed E-state index contributed by atoms with van der Waals surface area (Å²) in [6, 6.07) is 4.09. The monoisotopic (exact) mass is 248 g/mol. The fourth-order valence-electron chi connectivity index (χ4n) is 2.57. The first-order valence-corrected chi connectivity index (χ1v) is 6.68. The highest BCUT2D eigenvalue weighted by atomic mass is 15.2. The summed E-state index contributed by atoms with van der Waals surface area (Å²) in [5, 5.41) is 3.38. The van der Waals surface area contributed by atoms with Gasteiger partial charge in [-0.1, -0.05) is 13.8 Å². The molecule has 1 unspecified atom stereocenters. The Morgan fingerprint density at radius 3 is 2.56 bits per heavy atom. The maximum Gasteiger partial charge on any atom is 0.0360 e. The van der Waals surface area contributed by atoms with Crippen molar-refractivity contribution in [2.45, 2.75) is 19.9 Å². The van der Waals surface area contributed by atoms with E-state index in [0.29, 0.717) is 0 Å². The summed E-state index contributed by atoms with van der Waals surface area (Å²) in [5.74, 6) is 0. The second kappa shape index (κ2) is 5.78. The highest BCUT2D eigenvalue weighted by Crippen LogP contribution is 2.31. The van der Waals surface area contributed by atoms with E-state index in [2.05, 4.69) is 29.0 Å². The first-order chi connectivity index (χ1) is 8.59. The van der Waals surface area contributed by atoms with E-state index >= 15 is 0 Å². The van der Waals surface area contributed by atoms with Crippen LogP contribution in [-0.2, 0) is 0 Å². The number of aromatic nitrogens is 1. The molecule has 3 N–H and O–H groups in total. The molecule has 2 heterocycles. The summed E-state index contributed by atoms with van der Waals surface area (Å²) in [7, 11) is 0. The van der Waals surface area contributed by atoms with Crippen LogP contribution in [-0.4, -0.2) is 42.6 Å². The number of piperazine rings is 1. The Balaban J connectivity index is 2.00. The number of hydrogen-bond donors (Lipinski definition) is 2. The Bertz CT molecular complexity index is 357. The Morgan fingerprint density at radius 1 is 1.33 bits per heavy atom. The topological polar surface area (TPSA) is 54.2 Å². The van der Waals surface area contributed by atoms with Crippen molar-refractivity contribution in [2.24, 2.45) is 11.1 Å². The van der Waals surface area contributed by atoms with Gasteiger partial charge in [0.05, 0.1) is 0 Å². The summed E-state index contributed by atoms with van der Waals surface area (Å²) in [6.45, 7) is 9.94. The predicted octanol–water partition coefficient (Wildman–Crippen LogP) is 1.01. The standard InChI is InChI=1S/C14H24N4/c1-14(2,11-18-9-7-17-8-10-18)13(15)12-3-5-16-6-4-12/h3-6,13,17H,7-11,15H2,1-2H3. The Labute approximate surface area is 110 Å². The molecule has 0 spiro atoms. The highest BCUT2D eigenvalue weighted by molar-refractivity contribution is 5.17. The molecule has 0 amide bonds. The van der Waals surface area contributed by atoms with E-state index in [9.17, 15) is 0 Å². The molecule has 100 valence electrons. The van der Waals surface area contributed by atoms with E-state index in [4.69, 9.17) is 5.73 Å². The molecule has 0 radical (unpaired) electrons. The number of nitrogens with two attached hydrogens (primary N) is 1. The number of pyridine rings is 1. The SMILES string of the molecule is CC(C)(CN1CCNCC1)C(N)c1ccncc1. The molecule has 0 bridgehead atoms. The first kappa shape index (κ1) is 13.5. The van der Waals surface area contributed by atoms with Crippen molar-refractivity contribution in [2.75, 3.05) is 32.7 Å². The second-order valence-electron chi connectivity index (χ2n) is 5.77. The quantitative estimate of drug-likeness (QED) is 0.835. The van der Waals surface area contributed by atoms with Crippen molar-refractivity contribution in [3.63, 3.8) is 0 Å². The molecule has 0 aliphatic carbocycles. The van der Waals surface area contributed by atoms with Crippen molar-refractivity contribution in [3.8, 4) is 0 Å². The summed E-state index contributed by atoms with van der Waals surface area (Å²) < 4.78 is 0. The van der Waals surface area contributed by atoms with E-state index in [1.807, 2.05) is 24.5 Å². The lowest BCUT2D eigenvalue weighted by Crippen LogP contribution is -2.49.